The van der Waals surface area contributed by atoms with Crippen molar-refractivity contribution in [1.29, 1.82) is 0 Å². The lowest BCUT2D eigenvalue weighted by atomic mass is 9.96. The van der Waals surface area contributed by atoms with Crippen LogP contribution in [0.25, 0.3) is 0 Å². The molecule has 2 aromatic rings. The van der Waals surface area contributed by atoms with E-state index < -0.39 is 0 Å². The van der Waals surface area contributed by atoms with Gasteiger partial charge >= 0.3 is 5.97 Å². The number of ether oxygens (including phenoxy) is 1. The van der Waals surface area contributed by atoms with E-state index in [-0.39, 0.29) is 17.8 Å². The maximum atomic E-state index is 12.7. The van der Waals surface area contributed by atoms with E-state index in [0.29, 0.717) is 17.9 Å². The third kappa shape index (κ3) is 6.43. The molecule has 5 heteroatoms. The number of carbonyl (C=O) groups excluding carboxylic acids is 2. The SMILES string of the molecule is CCCCOC(=O)c1ccc(NC(=O)[C@@H]2CCCN(Cc3ccccc3)C2)cc1. The maximum absolute atomic E-state index is 12.7. The molecule has 0 spiro atoms. The zero-order valence-electron chi connectivity index (χ0n) is 17.1. The van der Waals surface area contributed by atoms with E-state index in [2.05, 4.69) is 29.3 Å². The molecule has 1 saturated heterocycles. The van der Waals surface area contributed by atoms with Crippen molar-refractivity contribution in [1.82, 2.24) is 4.90 Å². The predicted octanol–water partition coefficient (Wildman–Crippen LogP) is 4.49. The van der Waals surface area contributed by atoms with Gasteiger partial charge in [0.15, 0.2) is 0 Å². The smallest absolute Gasteiger partial charge is 0.338 e. The molecule has 29 heavy (non-hydrogen) atoms. The molecule has 0 bridgehead atoms. The van der Waals surface area contributed by atoms with Crippen LogP contribution in [0.2, 0.25) is 0 Å². The molecule has 1 fully saturated rings. The van der Waals surface area contributed by atoms with Gasteiger partial charge in [0.05, 0.1) is 18.1 Å². The van der Waals surface area contributed by atoms with E-state index in [1.807, 2.05) is 18.2 Å². The molecular formula is C24H30N2O3. The lowest BCUT2D eigenvalue weighted by molar-refractivity contribution is -0.121. The van der Waals surface area contributed by atoms with Crippen molar-refractivity contribution in [2.75, 3.05) is 25.0 Å². The summed E-state index contributed by atoms with van der Waals surface area (Å²) in [6, 6.07) is 17.3. The van der Waals surface area contributed by atoms with Gasteiger partial charge in [-0.25, -0.2) is 4.79 Å². The van der Waals surface area contributed by atoms with Gasteiger partial charge in [-0.3, -0.25) is 9.69 Å². The number of esters is 1. The molecule has 1 atom stereocenters. The Morgan fingerprint density at radius 1 is 1.10 bits per heavy atom. The number of nitrogens with one attached hydrogen (secondary N) is 1. The largest absolute Gasteiger partial charge is 0.462 e. The second-order valence-corrected chi connectivity index (χ2v) is 7.62. The Bertz CT molecular complexity index is 790. The Morgan fingerprint density at radius 3 is 2.59 bits per heavy atom. The molecule has 5 nitrogen and oxygen atoms in total. The number of hydrogen-bond acceptors (Lipinski definition) is 4. The van der Waals surface area contributed by atoms with Crippen molar-refractivity contribution < 1.29 is 14.3 Å². The van der Waals surface area contributed by atoms with Gasteiger partial charge in [0.25, 0.3) is 0 Å². The number of rotatable bonds is 8. The summed E-state index contributed by atoms with van der Waals surface area (Å²) < 4.78 is 5.21. The minimum atomic E-state index is -0.319. The molecule has 1 heterocycles. The van der Waals surface area contributed by atoms with Gasteiger partial charge in [0.2, 0.25) is 5.91 Å². The molecule has 2 aromatic carbocycles. The number of amides is 1. The average Bonchev–Trinajstić information content (AvgIpc) is 2.75. The van der Waals surface area contributed by atoms with E-state index in [0.717, 1.165) is 45.3 Å². The van der Waals surface area contributed by atoms with Gasteiger partial charge in [-0.15, -0.1) is 0 Å². The summed E-state index contributed by atoms with van der Waals surface area (Å²) in [7, 11) is 0. The summed E-state index contributed by atoms with van der Waals surface area (Å²) in [5.41, 5.74) is 2.49. The molecule has 1 aliphatic rings. The van der Waals surface area contributed by atoms with Crippen LogP contribution in [0, 0.1) is 5.92 Å². The fraction of sp³-hybridized carbons (Fsp3) is 0.417. The van der Waals surface area contributed by atoms with E-state index in [1.54, 1.807) is 24.3 Å². The Labute approximate surface area is 173 Å². The highest BCUT2D eigenvalue weighted by Gasteiger charge is 2.25. The Hall–Kier alpha value is -2.66. The molecule has 0 radical (unpaired) electrons. The van der Waals surface area contributed by atoms with Crippen molar-refractivity contribution in [2.24, 2.45) is 5.92 Å². The molecular weight excluding hydrogens is 364 g/mol. The number of carbonyl (C=O) groups is 2. The Kier molecular flexibility index (Phi) is 7.82. The molecule has 3 rings (SSSR count). The number of hydrogen-bond donors (Lipinski definition) is 1. The van der Waals surface area contributed by atoms with Crippen LogP contribution >= 0.6 is 0 Å². The van der Waals surface area contributed by atoms with Crippen LogP contribution in [0.1, 0.15) is 48.5 Å². The lowest BCUT2D eigenvalue weighted by Crippen LogP contribution is -2.40. The number of nitrogens with zero attached hydrogens (tertiary/aromatic N) is 1. The second-order valence-electron chi connectivity index (χ2n) is 7.62. The van der Waals surface area contributed by atoms with Gasteiger partial charge < -0.3 is 10.1 Å². The molecule has 1 amide bonds. The second kappa shape index (κ2) is 10.8. The van der Waals surface area contributed by atoms with Gasteiger partial charge in [0, 0.05) is 18.8 Å². The number of likely N-dealkylation sites (tertiary alicyclic amines) is 1. The highest BCUT2D eigenvalue weighted by atomic mass is 16.5. The fourth-order valence-corrected chi connectivity index (χ4v) is 3.58. The number of benzene rings is 2. The molecule has 1 N–H and O–H groups in total. The van der Waals surface area contributed by atoms with Crippen LogP contribution < -0.4 is 5.32 Å². The van der Waals surface area contributed by atoms with Gasteiger partial charge in [0.1, 0.15) is 0 Å². The number of piperidine rings is 1. The highest BCUT2D eigenvalue weighted by Crippen LogP contribution is 2.21. The standard InChI is InChI=1S/C24H30N2O3/c1-2-3-16-29-24(28)20-11-13-22(14-12-20)25-23(27)21-10-7-15-26(18-21)17-19-8-5-4-6-9-19/h4-6,8-9,11-14,21H,2-3,7,10,15-18H2,1H3,(H,25,27)/t21-/m1/s1. The van der Waals surface area contributed by atoms with Crippen molar-refractivity contribution in [2.45, 2.75) is 39.2 Å². The maximum Gasteiger partial charge on any atom is 0.338 e. The number of anilines is 1. The zero-order chi connectivity index (χ0) is 20.5. The van der Waals surface area contributed by atoms with Crippen LogP contribution in [0.5, 0.6) is 0 Å². The minimum absolute atomic E-state index is 0.0221. The highest BCUT2D eigenvalue weighted by molar-refractivity contribution is 5.94. The van der Waals surface area contributed by atoms with Crippen LogP contribution in [-0.4, -0.2) is 36.5 Å². The van der Waals surface area contributed by atoms with E-state index in [9.17, 15) is 9.59 Å². The van der Waals surface area contributed by atoms with Gasteiger partial charge in [-0.1, -0.05) is 43.7 Å². The molecule has 0 saturated carbocycles. The quantitative estimate of drug-likeness (QED) is 0.529. The molecule has 0 aliphatic carbocycles. The third-order valence-electron chi connectivity index (χ3n) is 5.24. The van der Waals surface area contributed by atoms with E-state index in [1.165, 1.54) is 5.56 Å². The monoisotopic (exact) mass is 394 g/mol. The summed E-state index contributed by atoms with van der Waals surface area (Å²) >= 11 is 0. The predicted molar refractivity (Wildman–Crippen MR) is 115 cm³/mol. The van der Waals surface area contributed by atoms with E-state index >= 15 is 0 Å². The summed E-state index contributed by atoms with van der Waals surface area (Å²) in [5.74, 6) is -0.299. The summed E-state index contributed by atoms with van der Waals surface area (Å²) in [5, 5.41) is 3.00. The van der Waals surface area contributed by atoms with Crippen LogP contribution in [0.4, 0.5) is 5.69 Å². The van der Waals surface area contributed by atoms with Crippen molar-refractivity contribution in [3.8, 4) is 0 Å². The third-order valence-corrected chi connectivity index (χ3v) is 5.24. The summed E-state index contributed by atoms with van der Waals surface area (Å²) in [6.07, 6.45) is 3.77. The topological polar surface area (TPSA) is 58.6 Å². The van der Waals surface area contributed by atoms with Gasteiger partial charge in [-0.2, -0.15) is 0 Å². The zero-order valence-corrected chi connectivity index (χ0v) is 17.1. The van der Waals surface area contributed by atoms with Crippen molar-refractivity contribution in [3.63, 3.8) is 0 Å². The molecule has 1 aliphatic heterocycles. The summed E-state index contributed by atoms with van der Waals surface area (Å²) in [4.78, 5) is 27.0. The summed E-state index contributed by atoms with van der Waals surface area (Å²) in [6.45, 7) is 5.16. The van der Waals surface area contributed by atoms with Crippen molar-refractivity contribution >= 4 is 17.6 Å². The fourth-order valence-electron chi connectivity index (χ4n) is 3.58. The van der Waals surface area contributed by atoms with Crippen LogP contribution in [0.15, 0.2) is 54.6 Å². The van der Waals surface area contributed by atoms with Crippen molar-refractivity contribution in [3.05, 3.63) is 65.7 Å². The normalized spacial score (nSPS) is 16.9. The minimum Gasteiger partial charge on any atom is -0.462 e. The Balaban J connectivity index is 1.50. The lowest BCUT2D eigenvalue weighted by Gasteiger charge is -2.32. The van der Waals surface area contributed by atoms with E-state index in [4.69, 9.17) is 4.74 Å². The first-order chi connectivity index (χ1) is 14.2. The molecule has 0 unspecified atom stereocenters. The van der Waals surface area contributed by atoms with Crippen LogP contribution in [-0.2, 0) is 16.1 Å². The Morgan fingerprint density at radius 2 is 1.86 bits per heavy atom. The number of unbranched alkanes of at least 4 members (excludes halogenated alkanes) is 1. The first kappa shape index (κ1) is 21.1. The van der Waals surface area contributed by atoms with Crippen LogP contribution in [0.3, 0.4) is 0 Å². The molecule has 0 aromatic heterocycles. The van der Waals surface area contributed by atoms with Gasteiger partial charge in [-0.05, 0) is 55.6 Å². The first-order valence-electron chi connectivity index (χ1n) is 10.5. The average molecular weight is 395 g/mol. The first-order valence-corrected chi connectivity index (χ1v) is 10.5. The molecule has 154 valence electrons.